The van der Waals surface area contributed by atoms with Gasteiger partial charge in [-0.25, -0.2) is 0 Å². The van der Waals surface area contributed by atoms with Crippen molar-refractivity contribution in [3.05, 3.63) is 24.0 Å². The van der Waals surface area contributed by atoms with E-state index in [1.54, 1.807) is 0 Å². The van der Waals surface area contributed by atoms with Crippen LogP contribution in [0.1, 0.15) is 19.3 Å². The summed E-state index contributed by atoms with van der Waals surface area (Å²) in [6, 6.07) is 0. The first-order valence-electron chi connectivity index (χ1n) is 4.15. The van der Waals surface area contributed by atoms with Gasteiger partial charge in [-0.05, 0) is 25.3 Å². The largest absolute Gasteiger partial charge is 0.480 e. The highest BCUT2D eigenvalue weighted by Gasteiger charge is 2.24. The summed E-state index contributed by atoms with van der Waals surface area (Å²) in [6.45, 7) is 0. The Morgan fingerprint density at radius 2 is 2.36 bits per heavy atom. The maximum atomic E-state index is 5.65. The van der Waals surface area contributed by atoms with Crippen molar-refractivity contribution in [3.63, 3.8) is 0 Å². The number of rotatable bonds is 0. The number of hydrogen-bond donors (Lipinski definition) is 1. The van der Waals surface area contributed by atoms with Gasteiger partial charge in [-0.3, -0.25) is 5.73 Å². The van der Waals surface area contributed by atoms with Crippen LogP contribution in [0.3, 0.4) is 0 Å². The molecule has 0 spiro atoms. The van der Waals surface area contributed by atoms with Crippen LogP contribution in [0.25, 0.3) is 0 Å². The van der Waals surface area contributed by atoms with E-state index in [0.29, 0.717) is 5.92 Å². The lowest BCUT2D eigenvalue weighted by Crippen LogP contribution is -2.31. The Bertz CT molecular complexity index is 208. The number of hydrogen-bond acceptors (Lipinski definition) is 2. The average Bonchev–Trinajstić information content (AvgIpc) is 2.04. The summed E-state index contributed by atoms with van der Waals surface area (Å²) < 4.78 is 5.48. The summed E-state index contributed by atoms with van der Waals surface area (Å²) >= 11 is 0. The van der Waals surface area contributed by atoms with E-state index in [-0.39, 0.29) is 6.23 Å². The molecule has 0 radical (unpaired) electrons. The average molecular weight is 151 g/mol. The lowest BCUT2D eigenvalue weighted by atomic mass is 9.91. The predicted octanol–water partition coefficient (Wildman–Crippen LogP) is 1.54. The third-order valence-electron chi connectivity index (χ3n) is 2.31. The van der Waals surface area contributed by atoms with Crippen LogP contribution in [0, 0.1) is 5.92 Å². The molecule has 0 aromatic rings. The highest BCUT2D eigenvalue weighted by molar-refractivity contribution is 5.17. The highest BCUT2D eigenvalue weighted by Crippen LogP contribution is 2.31. The molecule has 11 heavy (non-hydrogen) atoms. The molecule has 2 nitrogen and oxygen atoms in total. The van der Waals surface area contributed by atoms with Gasteiger partial charge < -0.3 is 4.74 Å². The second kappa shape index (κ2) is 2.70. The fourth-order valence-corrected chi connectivity index (χ4v) is 1.65. The molecule has 1 saturated heterocycles. The molecule has 0 aromatic heterocycles. The van der Waals surface area contributed by atoms with Gasteiger partial charge in [-0.15, -0.1) is 0 Å². The van der Waals surface area contributed by atoms with Crippen molar-refractivity contribution in [1.29, 1.82) is 0 Å². The van der Waals surface area contributed by atoms with E-state index in [2.05, 4.69) is 6.08 Å². The van der Waals surface area contributed by atoms with Crippen molar-refractivity contribution in [1.82, 2.24) is 0 Å². The molecular formula is C9H13NO. The summed E-state index contributed by atoms with van der Waals surface area (Å²) in [4.78, 5) is 0. The number of fused-ring (bicyclic) bond motifs is 1. The van der Waals surface area contributed by atoms with Crippen LogP contribution in [0.4, 0.5) is 0 Å². The molecule has 0 aromatic carbocycles. The van der Waals surface area contributed by atoms with Gasteiger partial charge in [0, 0.05) is 5.92 Å². The molecule has 2 atom stereocenters. The summed E-state index contributed by atoms with van der Waals surface area (Å²) in [5, 5.41) is 0. The van der Waals surface area contributed by atoms with E-state index in [1.807, 2.05) is 12.2 Å². The van der Waals surface area contributed by atoms with E-state index >= 15 is 0 Å². The monoisotopic (exact) mass is 151 g/mol. The molecule has 0 bridgehead atoms. The molecule has 2 heteroatoms. The fourth-order valence-electron chi connectivity index (χ4n) is 1.65. The van der Waals surface area contributed by atoms with E-state index < -0.39 is 0 Å². The third kappa shape index (κ3) is 1.31. The molecule has 60 valence electrons. The van der Waals surface area contributed by atoms with Gasteiger partial charge in [-0.2, -0.15) is 0 Å². The third-order valence-corrected chi connectivity index (χ3v) is 2.31. The topological polar surface area (TPSA) is 35.2 Å². The van der Waals surface area contributed by atoms with Gasteiger partial charge in [0.1, 0.15) is 12.0 Å². The highest BCUT2D eigenvalue weighted by atomic mass is 16.5. The molecule has 1 aliphatic heterocycles. The number of allylic oxidation sites excluding steroid dienone is 4. The van der Waals surface area contributed by atoms with Crippen LogP contribution in [-0.2, 0) is 4.74 Å². The first-order valence-corrected chi connectivity index (χ1v) is 4.15. The first-order chi connectivity index (χ1) is 5.36. The van der Waals surface area contributed by atoms with Crippen molar-refractivity contribution in [3.8, 4) is 0 Å². The second-order valence-electron chi connectivity index (χ2n) is 3.16. The van der Waals surface area contributed by atoms with Gasteiger partial charge in [0.05, 0.1) is 0 Å². The molecule has 0 saturated carbocycles. The van der Waals surface area contributed by atoms with Gasteiger partial charge in [0.15, 0.2) is 0 Å². The normalized spacial score (nSPS) is 35.5. The Kier molecular flexibility index (Phi) is 1.70. The van der Waals surface area contributed by atoms with Gasteiger partial charge >= 0.3 is 0 Å². The molecule has 2 aliphatic rings. The Labute approximate surface area is 66.7 Å². The van der Waals surface area contributed by atoms with Crippen molar-refractivity contribution in [2.75, 3.05) is 0 Å². The summed E-state index contributed by atoms with van der Waals surface area (Å²) in [6.07, 6.45) is 9.50. The Morgan fingerprint density at radius 1 is 1.45 bits per heavy atom. The summed E-state index contributed by atoms with van der Waals surface area (Å²) in [5.41, 5.74) is 5.65. The van der Waals surface area contributed by atoms with Crippen molar-refractivity contribution < 1.29 is 4.74 Å². The van der Waals surface area contributed by atoms with Gasteiger partial charge in [-0.1, -0.05) is 12.2 Å². The summed E-state index contributed by atoms with van der Waals surface area (Å²) in [7, 11) is 0. The molecule has 1 heterocycles. The zero-order valence-corrected chi connectivity index (χ0v) is 6.49. The smallest absolute Gasteiger partial charge is 0.147 e. The molecule has 1 aliphatic carbocycles. The molecule has 2 rings (SSSR count). The van der Waals surface area contributed by atoms with Gasteiger partial charge in [0.2, 0.25) is 0 Å². The molecular weight excluding hydrogens is 138 g/mol. The van der Waals surface area contributed by atoms with Gasteiger partial charge in [0.25, 0.3) is 0 Å². The zero-order chi connectivity index (χ0) is 7.68. The number of nitrogens with two attached hydrogens (primary N) is 1. The van der Waals surface area contributed by atoms with E-state index in [9.17, 15) is 0 Å². The standard InChI is InChI=1S/C9H13NO/c10-9-6-5-7-3-1-2-4-8(7)11-9/h1-2,4,7,9H,3,5-6,10H2. The molecule has 2 unspecified atom stereocenters. The fraction of sp³-hybridized carbons (Fsp3) is 0.556. The minimum absolute atomic E-state index is 0.0657. The van der Waals surface area contributed by atoms with E-state index in [1.165, 1.54) is 6.42 Å². The minimum Gasteiger partial charge on any atom is -0.480 e. The van der Waals surface area contributed by atoms with Crippen LogP contribution in [0.15, 0.2) is 24.0 Å². The van der Waals surface area contributed by atoms with Crippen LogP contribution in [0.5, 0.6) is 0 Å². The van der Waals surface area contributed by atoms with Crippen LogP contribution in [-0.4, -0.2) is 6.23 Å². The lowest BCUT2D eigenvalue weighted by Gasteiger charge is -2.30. The van der Waals surface area contributed by atoms with Crippen LogP contribution in [0.2, 0.25) is 0 Å². The quantitative estimate of drug-likeness (QED) is 0.570. The Balaban J connectivity index is 2.12. The number of ether oxygens (including phenoxy) is 1. The maximum absolute atomic E-state index is 5.65. The zero-order valence-electron chi connectivity index (χ0n) is 6.49. The Morgan fingerprint density at radius 3 is 3.27 bits per heavy atom. The maximum Gasteiger partial charge on any atom is 0.147 e. The Hall–Kier alpha value is -0.760. The van der Waals surface area contributed by atoms with E-state index in [4.69, 9.17) is 10.5 Å². The minimum atomic E-state index is -0.0657. The van der Waals surface area contributed by atoms with Crippen molar-refractivity contribution in [2.45, 2.75) is 25.5 Å². The van der Waals surface area contributed by atoms with Crippen LogP contribution >= 0.6 is 0 Å². The second-order valence-corrected chi connectivity index (χ2v) is 3.16. The molecule has 2 N–H and O–H groups in total. The SMILES string of the molecule is NC1CCC2CC=CC=C2O1. The summed E-state index contributed by atoms with van der Waals surface area (Å²) in [5.74, 6) is 1.70. The molecule has 1 fully saturated rings. The van der Waals surface area contributed by atoms with Crippen molar-refractivity contribution in [2.24, 2.45) is 11.7 Å². The lowest BCUT2D eigenvalue weighted by molar-refractivity contribution is 0.0501. The van der Waals surface area contributed by atoms with Crippen LogP contribution < -0.4 is 5.73 Å². The predicted molar refractivity (Wildman–Crippen MR) is 43.6 cm³/mol. The molecule has 0 amide bonds. The van der Waals surface area contributed by atoms with Crippen molar-refractivity contribution >= 4 is 0 Å². The first kappa shape index (κ1) is 6.92. The van der Waals surface area contributed by atoms with E-state index in [0.717, 1.165) is 18.6 Å².